The maximum absolute atomic E-state index is 12.4. The van der Waals surface area contributed by atoms with Crippen molar-refractivity contribution in [2.75, 3.05) is 19.8 Å². The Balaban J connectivity index is 1.76. The van der Waals surface area contributed by atoms with Crippen LogP contribution in [0.1, 0.15) is 29.0 Å². The molecule has 2 aromatic heterocycles. The maximum Gasteiger partial charge on any atom is 0.270 e. The third-order valence-corrected chi connectivity index (χ3v) is 3.92. The average Bonchev–Trinajstić information content (AvgIpc) is 2.81. The Hall–Kier alpha value is -1.92. The fourth-order valence-corrected chi connectivity index (χ4v) is 2.64. The van der Waals surface area contributed by atoms with Crippen LogP contribution in [0.3, 0.4) is 0 Å². The predicted molar refractivity (Wildman–Crippen MR) is 77.3 cm³/mol. The first-order chi connectivity index (χ1) is 10.1. The van der Waals surface area contributed by atoms with Crippen LogP contribution < -0.4 is 5.32 Å². The minimum Gasteiger partial charge on any atom is -0.388 e. The Morgan fingerprint density at radius 3 is 3.00 bits per heavy atom. The third kappa shape index (κ3) is 2.77. The normalized spacial score (nSPS) is 17.8. The van der Waals surface area contributed by atoms with E-state index in [9.17, 15) is 9.90 Å². The van der Waals surface area contributed by atoms with Crippen molar-refractivity contribution in [3.05, 3.63) is 35.8 Å². The largest absolute Gasteiger partial charge is 0.388 e. The molecule has 2 N–H and O–H groups in total. The molecule has 112 valence electrons. The van der Waals surface area contributed by atoms with Gasteiger partial charge >= 0.3 is 0 Å². The molecule has 3 rings (SSSR count). The number of pyridine rings is 1. The average molecular weight is 289 g/mol. The lowest BCUT2D eigenvalue weighted by atomic mass is 9.94. The number of hydrogen-bond donors (Lipinski definition) is 2. The smallest absolute Gasteiger partial charge is 0.270 e. The van der Waals surface area contributed by atoms with Crippen LogP contribution in [0.25, 0.3) is 5.65 Å². The lowest BCUT2D eigenvalue weighted by molar-refractivity contribution is -0.0605. The lowest BCUT2D eigenvalue weighted by Gasteiger charge is -2.32. The monoisotopic (exact) mass is 289 g/mol. The van der Waals surface area contributed by atoms with Crippen molar-refractivity contribution < 1.29 is 14.6 Å². The van der Waals surface area contributed by atoms with Gasteiger partial charge in [0.15, 0.2) is 0 Å². The minimum atomic E-state index is -0.873. The number of amides is 1. The van der Waals surface area contributed by atoms with Gasteiger partial charge in [-0.25, -0.2) is 4.98 Å². The first-order valence-corrected chi connectivity index (χ1v) is 7.11. The number of imidazole rings is 1. The van der Waals surface area contributed by atoms with Gasteiger partial charge in [0.05, 0.1) is 11.3 Å². The molecule has 0 atom stereocenters. The van der Waals surface area contributed by atoms with E-state index in [4.69, 9.17) is 4.74 Å². The van der Waals surface area contributed by atoms with Crippen molar-refractivity contribution in [2.45, 2.75) is 25.4 Å². The standard InChI is InChI=1S/C15H19N3O3/c1-11-13(18-7-3-2-4-12(18)17-11)14(19)16-10-15(20)5-8-21-9-6-15/h2-4,7,20H,5-6,8-10H2,1H3,(H,16,19). The molecular weight excluding hydrogens is 270 g/mol. The van der Waals surface area contributed by atoms with E-state index in [1.165, 1.54) is 0 Å². The number of carbonyl (C=O) groups is 1. The van der Waals surface area contributed by atoms with Crippen molar-refractivity contribution in [1.29, 1.82) is 0 Å². The molecule has 0 radical (unpaired) electrons. The molecule has 6 heteroatoms. The number of aromatic nitrogens is 2. The van der Waals surface area contributed by atoms with Crippen LogP contribution in [0.4, 0.5) is 0 Å². The molecular formula is C15H19N3O3. The molecule has 1 aliphatic heterocycles. The van der Waals surface area contributed by atoms with E-state index >= 15 is 0 Å². The summed E-state index contributed by atoms with van der Waals surface area (Å²) in [7, 11) is 0. The van der Waals surface area contributed by atoms with Gasteiger partial charge < -0.3 is 15.2 Å². The summed E-state index contributed by atoms with van der Waals surface area (Å²) in [5.74, 6) is -0.217. The summed E-state index contributed by atoms with van der Waals surface area (Å²) in [5, 5.41) is 13.2. The molecule has 0 saturated carbocycles. The zero-order chi connectivity index (χ0) is 14.9. The summed E-state index contributed by atoms with van der Waals surface area (Å²) in [4.78, 5) is 16.8. The molecule has 0 bridgehead atoms. The second kappa shape index (κ2) is 5.46. The van der Waals surface area contributed by atoms with Gasteiger partial charge in [-0.05, 0) is 19.1 Å². The number of aliphatic hydroxyl groups is 1. The summed E-state index contributed by atoms with van der Waals surface area (Å²) in [5.41, 5.74) is 1.06. The van der Waals surface area contributed by atoms with Crippen LogP contribution in [0.2, 0.25) is 0 Å². The predicted octanol–water partition coefficient (Wildman–Crippen LogP) is 0.914. The third-order valence-electron chi connectivity index (χ3n) is 3.92. The molecule has 0 unspecified atom stereocenters. The first-order valence-electron chi connectivity index (χ1n) is 7.11. The number of nitrogens with one attached hydrogen (secondary N) is 1. The van der Waals surface area contributed by atoms with Crippen molar-refractivity contribution in [3.63, 3.8) is 0 Å². The molecule has 1 aliphatic rings. The molecule has 1 saturated heterocycles. The number of nitrogens with zero attached hydrogens (tertiary/aromatic N) is 2. The number of fused-ring (bicyclic) bond motifs is 1. The van der Waals surface area contributed by atoms with Crippen LogP contribution in [-0.2, 0) is 4.74 Å². The van der Waals surface area contributed by atoms with Gasteiger partial charge in [-0.3, -0.25) is 9.20 Å². The second-order valence-corrected chi connectivity index (χ2v) is 5.49. The minimum absolute atomic E-state index is 0.217. The number of rotatable bonds is 3. The summed E-state index contributed by atoms with van der Waals surface area (Å²) in [6.45, 7) is 3.10. The Bertz CT molecular complexity index is 659. The zero-order valence-electron chi connectivity index (χ0n) is 12.0. The number of carbonyl (C=O) groups excluding carboxylic acids is 1. The molecule has 0 spiro atoms. The van der Waals surface area contributed by atoms with Gasteiger partial charge in [-0.1, -0.05) is 6.07 Å². The second-order valence-electron chi connectivity index (χ2n) is 5.49. The van der Waals surface area contributed by atoms with Crippen molar-refractivity contribution in [1.82, 2.24) is 14.7 Å². The lowest BCUT2D eigenvalue weighted by Crippen LogP contribution is -2.46. The molecule has 3 heterocycles. The number of ether oxygens (including phenoxy) is 1. The van der Waals surface area contributed by atoms with E-state index in [1.54, 1.807) is 4.40 Å². The van der Waals surface area contributed by atoms with E-state index < -0.39 is 5.60 Å². The Labute approximate surface area is 122 Å². The molecule has 2 aromatic rings. The van der Waals surface area contributed by atoms with E-state index in [-0.39, 0.29) is 12.5 Å². The van der Waals surface area contributed by atoms with Gasteiger partial charge in [-0.2, -0.15) is 0 Å². The quantitative estimate of drug-likeness (QED) is 0.881. The Morgan fingerprint density at radius 2 is 2.24 bits per heavy atom. The highest BCUT2D eigenvalue weighted by Crippen LogP contribution is 2.19. The number of hydrogen-bond acceptors (Lipinski definition) is 4. The first kappa shape index (κ1) is 14.0. The van der Waals surface area contributed by atoms with E-state index in [2.05, 4.69) is 10.3 Å². The zero-order valence-corrected chi connectivity index (χ0v) is 12.0. The Kier molecular flexibility index (Phi) is 3.65. The Morgan fingerprint density at radius 1 is 1.48 bits per heavy atom. The molecule has 0 aliphatic carbocycles. The summed E-state index contributed by atoms with van der Waals surface area (Å²) < 4.78 is 7.00. The summed E-state index contributed by atoms with van der Waals surface area (Å²) in [6, 6.07) is 5.60. The van der Waals surface area contributed by atoms with E-state index in [0.717, 1.165) is 5.65 Å². The fraction of sp³-hybridized carbons (Fsp3) is 0.467. The fourth-order valence-electron chi connectivity index (χ4n) is 2.64. The topological polar surface area (TPSA) is 75.9 Å². The molecule has 1 amide bonds. The van der Waals surface area contributed by atoms with Gasteiger partial charge in [0.25, 0.3) is 5.91 Å². The van der Waals surface area contributed by atoms with Crippen LogP contribution >= 0.6 is 0 Å². The van der Waals surface area contributed by atoms with Gasteiger partial charge in [-0.15, -0.1) is 0 Å². The van der Waals surface area contributed by atoms with Gasteiger partial charge in [0.2, 0.25) is 0 Å². The SMILES string of the molecule is Cc1nc2ccccn2c1C(=O)NCC1(O)CCOCC1. The molecule has 0 aromatic carbocycles. The van der Waals surface area contributed by atoms with Crippen molar-refractivity contribution >= 4 is 11.6 Å². The molecule has 1 fully saturated rings. The molecule has 21 heavy (non-hydrogen) atoms. The highest BCUT2D eigenvalue weighted by atomic mass is 16.5. The van der Waals surface area contributed by atoms with Crippen LogP contribution in [0.5, 0.6) is 0 Å². The van der Waals surface area contributed by atoms with Gasteiger partial charge in [0, 0.05) is 38.8 Å². The highest BCUT2D eigenvalue weighted by Gasteiger charge is 2.30. The van der Waals surface area contributed by atoms with E-state index in [0.29, 0.717) is 37.4 Å². The van der Waals surface area contributed by atoms with Gasteiger partial charge in [0.1, 0.15) is 11.3 Å². The van der Waals surface area contributed by atoms with Crippen LogP contribution in [0.15, 0.2) is 24.4 Å². The highest BCUT2D eigenvalue weighted by molar-refractivity contribution is 5.94. The van der Waals surface area contributed by atoms with Crippen molar-refractivity contribution in [3.8, 4) is 0 Å². The van der Waals surface area contributed by atoms with E-state index in [1.807, 2.05) is 31.3 Å². The van der Waals surface area contributed by atoms with Crippen LogP contribution in [0, 0.1) is 6.92 Å². The summed E-state index contributed by atoms with van der Waals surface area (Å²) in [6.07, 6.45) is 2.90. The maximum atomic E-state index is 12.4. The summed E-state index contributed by atoms with van der Waals surface area (Å²) >= 11 is 0. The van der Waals surface area contributed by atoms with Crippen LogP contribution in [-0.4, -0.2) is 45.8 Å². The number of aryl methyl sites for hydroxylation is 1. The molecule has 6 nitrogen and oxygen atoms in total. The van der Waals surface area contributed by atoms with Crippen molar-refractivity contribution in [2.24, 2.45) is 0 Å².